The van der Waals surface area contributed by atoms with Crippen LogP contribution in [0.5, 0.6) is 0 Å². The number of aromatic nitrogens is 4. The number of carbonyl (C=O) groups excluding carboxylic acids is 1. The maximum absolute atomic E-state index is 13.6. The molecule has 2 saturated heterocycles. The molecule has 3 aromatic heterocycles. The largest absolute Gasteiger partial charge is 0.391 e. The van der Waals surface area contributed by atoms with Crippen LogP contribution in [0.3, 0.4) is 0 Å². The summed E-state index contributed by atoms with van der Waals surface area (Å²) in [5.41, 5.74) is 2.57. The zero-order valence-corrected chi connectivity index (χ0v) is 18.3. The number of nitrogens with zero attached hydrogens (tertiary/aromatic N) is 6. The van der Waals surface area contributed by atoms with Crippen LogP contribution >= 0.6 is 0 Å². The van der Waals surface area contributed by atoms with Crippen molar-refractivity contribution in [3.8, 4) is 0 Å². The van der Waals surface area contributed by atoms with Gasteiger partial charge in [-0.1, -0.05) is 13.0 Å². The molecule has 3 aromatic rings. The average molecular weight is 439 g/mol. The molecule has 0 saturated carbocycles. The Morgan fingerprint density at radius 2 is 2.06 bits per heavy atom. The number of aliphatic hydroxyl groups excluding tert-OH is 1. The summed E-state index contributed by atoms with van der Waals surface area (Å²) in [7, 11) is 0. The Morgan fingerprint density at radius 1 is 1.22 bits per heavy atom. The lowest BCUT2D eigenvalue weighted by Crippen LogP contribution is -2.39. The Balaban J connectivity index is 1.47. The molecule has 0 spiro atoms. The van der Waals surface area contributed by atoms with Crippen molar-refractivity contribution in [1.29, 1.82) is 0 Å². The summed E-state index contributed by atoms with van der Waals surface area (Å²) >= 11 is 0. The summed E-state index contributed by atoms with van der Waals surface area (Å²) < 4.78 is 15.3. The van der Waals surface area contributed by atoms with E-state index in [4.69, 9.17) is 10.1 Å². The second-order valence-electron chi connectivity index (χ2n) is 8.92. The molecule has 0 aromatic carbocycles. The van der Waals surface area contributed by atoms with Gasteiger partial charge in [0.2, 0.25) is 5.95 Å². The highest BCUT2D eigenvalue weighted by molar-refractivity contribution is 5.92. The number of halogens is 1. The van der Waals surface area contributed by atoms with Gasteiger partial charge >= 0.3 is 0 Å². The van der Waals surface area contributed by atoms with Crippen LogP contribution in [-0.4, -0.2) is 61.2 Å². The third-order valence-corrected chi connectivity index (χ3v) is 6.54. The van der Waals surface area contributed by atoms with Gasteiger partial charge in [0.25, 0.3) is 5.91 Å². The molecule has 1 amide bonds. The third-order valence-electron chi connectivity index (χ3n) is 6.54. The smallest absolute Gasteiger partial charge is 0.273 e. The van der Waals surface area contributed by atoms with Gasteiger partial charge in [0.1, 0.15) is 11.5 Å². The van der Waals surface area contributed by atoms with Crippen LogP contribution in [0.1, 0.15) is 54.0 Å². The van der Waals surface area contributed by atoms with Gasteiger partial charge in [0.15, 0.2) is 5.65 Å². The number of pyridine rings is 1. The highest BCUT2D eigenvalue weighted by atomic mass is 19.1. The summed E-state index contributed by atoms with van der Waals surface area (Å²) in [6.07, 6.45) is 4.25. The van der Waals surface area contributed by atoms with Crippen molar-refractivity contribution in [2.75, 3.05) is 24.5 Å². The van der Waals surface area contributed by atoms with Gasteiger partial charge in [0.05, 0.1) is 17.8 Å². The normalized spacial score (nSPS) is 23.8. The fourth-order valence-corrected chi connectivity index (χ4v) is 4.78. The molecule has 1 N–H and O–H groups in total. The zero-order valence-electron chi connectivity index (χ0n) is 18.3. The molecule has 32 heavy (non-hydrogen) atoms. The molecule has 3 atom stereocenters. The van der Waals surface area contributed by atoms with Crippen LogP contribution in [0.15, 0.2) is 30.5 Å². The average Bonchev–Trinajstić information content (AvgIpc) is 3.34. The highest BCUT2D eigenvalue weighted by Gasteiger charge is 2.32. The number of anilines is 1. The lowest BCUT2D eigenvalue weighted by atomic mass is 9.99. The van der Waals surface area contributed by atoms with Crippen LogP contribution in [-0.2, 0) is 0 Å². The predicted molar refractivity (Wildman–Crippen MR) is 117 cm³/mol. The molecule has 0 radical (unpaired) electrons. The van der Waals surface area contributed by atoms with Gasteiger partial charge in [-0.3, -0.25) is 4.79 Å². The van der Waals surface area contributed by atoms with Gasteiger partial charge in [-0.2, -0.15) is 9.49 Å². The van der Waals surface area contributed by atoms with Crippen molar-refractivity contribution in [3.63, 3.8) is 0 Å². The number of fused-ring (bicyclic) bond motifs is 1. The Kier molecular flexibility index (Phi) is 5.28. The Labute approximate surface area is 185 Å². The molecule has 2 fully saturated rings. The van der Waals surface area contributed by atoms with Gasteiger partial charge in [0, 0.05) is 43.4 Å². The van der Waals surface area contributed by atoms with E-state index in [1.54, 1.807) is 15.5 Å². The summed E-state index contributed by atoms with van der Waals surface area (Å²) in [6, 6.07) is 6.00. The standard InChI is InChI=1S/C23H27FN6O2/c1-14-11-28(13-19(14)31)22-15(2)12-30-21(26-22)10-17(27-30)18-7-3-4-9-29(18)23(32)16-6-5-8-20(24)25-16/h5-6,8,10,12,14,18-19,31H,3-4,7,9,11,13H2,1-2H3/t14-,18+,19+/m1/s1. The second-order valence-corrected chi connectivity index (χ2v) is 8.92. The van der Waals surface area contributed by atoms with Crippen molar-refractivity contribution >= 4 is 17.4 Å². The number of piperidine rings is 1. The van der Waals surface area contributed by atoms with Crippen molar-refractivity contribution in [2.24, 2.45) is 5.92 Å². The fraction of sp³-hybridized carbons (Fsp3) is 0.478. The van der Waals surface area contributed by atoms with E-state index in [2.05, 4.69) is 9.88 Å². The van der Waals surface area contributed by atoms with Crippen LogP contribution in [0.4, 0.5) is 10.2 Å². The minimum absolute atomic E-state index is 0.110. The first-order valence-electron chi connectivity index (χ1n) is 11.1. The SMILES string of the molecule is Cc1cn2nc([C@@H]3CCCCN3C(=O)c3cccc(F)n3)cc2nc1N1C[C@@H](C)[C@@H](O)C1. The number of aliphatic hydroxyl groups is 1. The maximum atomic E-state index is 13.6. The van der Waals surface area contributed by atoms with Gasteiger partial charge in [-0.15, -0.1) is 0 Å². The first kappa shape index (κ1) is 20.8. The van der Waals surface area contributed by atoms with Crippen LogP contribution in [0, 0.1) is 18.8 Å². The van der Waals surface area contributed by atoms with E-state index in [9.17, 15) is 14.3 Å². The minimum Gasteiger partial charge on any atom is -0.391 e. The van der Waals surface area contributed by atoms with Gasteiger partial charge in [-0.05, 0) is 38.3 Å². The number of aryl methyl sites for hydroxylation is 1. The number of amides is 1. The molecule has 5 rings (SSSR count). The number of hydrogen-bond donors (Lipinski definition) is 1. The van der Waals surface area contributed by atoms with Gasteiger partial charge in [-0.25, -0.2) is 14.5 Å². The number of β-amino-alcohol motifs (C(OH)–C–C–N with tert-alkyl or cyclic N) is 1. The van der Waals surface area contributed by atoms with E-state index in [0.717, 1.165) is 42.9 Å². The fourth-order valence-electron chi connectivity index (χ4n) is 4.78. The highest BCUT2D eigenvalue weighted by Crippen LogP contribution is 2.33. The van der Waals surface area contributed by atoms with Crippen molar-refractivity contribution in [3.05, 3.63) is 53.4 Å². The van der Waals surface area contributed by atoms with E-state index < -0.39 is 5.95 Å². The third kappa shape index (κ3) is 3.70. The van der Waals surface area contributed by atoms with Crippen LogP contribution < -0.4 is 4.90 Å². The number of rotatable bonds is 3. The quantitative estimate of drug-likeness (QED) is 0.633. The lowest BCUT2D eigenvalue weighted by molar-refractivity contribution is 0.0598. The molecule has 5 heterocycles. The van der Waals surface area contributed by atoms with Crippen molar-refractivity contribution in [2.45, 2.75) is 45.3 Å². The van der Waals surface area contributed by atoms with Gasteiger partial charge < -0.3 is 14.9 Å². The topological polar surface area (TPSA) is 86.9 Å². The summed E-state index contributed by atoms with van der Waals surface area (Å²) in [6.45, 7) is 5.94. The Hall–Kier alpha value is -3.07. The van der Waals surface area contributed by atoms with Crippen molar-refractivity contribution in [1.82, 2.24) is 24.5 Å². The number of carbonyl (C=O) groups is 1. The molecule has 2 aliphatic heterocycles. The monoisotopic (exact) mass is 438 g/mol. The Bertz CT molecular complexity index is 1150. The van der Waals surface area contributed by atoms with E-state index in [0.29, 0.717) is 18.7 Å². The molecule has 0 aliphatic carbocycles. The first-order valence-corrected chi connectivity index (χ1v) is 11.1. The molecule has 8 nitrogen and oxygen atoms in total. The van der Waals surface area contributed by atoms with E-state index >= 15 is 0 Å². The summed E-state index contributed by atoms with van der Waals surface area (Å²) in [5.74, 6) is 0.112. The summed E-state index contributed by atoms with van der Waals surface area (Å²) in [5, 5.41) is 14.9. The molecule has 0 unspecified atom stereocenters. The molecule has 168 valence electrons. The molecule has 0 bridgehead atoms. The van der Waals surface area contributed by atoms with E-state index in [1.165, 1.54) is 12.1 Å². The minimum atomic E-state index is -0.661. The van der Waals surface area contributed by atoms with Crippen LogP contribution in [0.25, 0.3) is 5.65 Å². The molecular weight excluding hydrogens is 411 g/mol. The lowest BCUT2D eigenvalue weighted by Gasteiger charge is -2.34. The number of likely N-dealkylation sites (tertiary alicyclic amines) is 1. The first-order chi connectivity index (χ1) is 15.4. The predicted octanol–water partition coefficient (Wildman–Crippen LogP) is 2.76. The zero-order chi connectivity index (χ0) is 22.4. The number of hydrogen-bond acceptors (Lipinski definition) is 6. The Morgan fingerprint density at radius 3 is 2.81 bits per heavy atom. The molecule has 9 heteroatoms. The maximum Gasteiger partial charge on any atom is 0.273 e. The molecule has 2 aliphatic rings. The second kappa shape index (κ2) is 8.12. The van der Waals surface area contributed by atoms with E-state index in [-0.39, 0.29) is 29.7 Å². The van der Waals surface area contributed by atoms with Crippen molar-refractivity contribution < 1.29 is 14.3 Å². The van der Waals surface area contributed by atoms with E-state index in [1.807, 2.05) is 26.1 Å². The molecular formula is C23H27FN6O2. The summed E-state index contributed by atoms with van der Waals surface area (Å²) in [4.78, 5) is 25.6. The van der Waals surface area contributed by atoms with Crippen LogP contribution in [0.2, 0.25) is 0 Å².